The van der Waals surface area contributed by atoms with E-state index in [2.05, 4.69) is 39.8 Å². The largest absolute Gasteiger partial charge is 0.347 e. The van der Waals surface area contributed by atoms with Crippen LogP contribution in [0.5, 0.6) is 0 Å². The molecule has 4 nitrogen and oxygen atoms in total. The fourth-order valence-corrected chi connectivity index (χ4v) is 3.30. The highest BCUT2D eigenvalue weighted by Crippen LogP contribution is 2.39. The second-order valence-corrected chi connectivity index (χ2v) is 7.54. The normalized spacial score (nSPS) is 12.6. The Morgan fingerprint density at radius 1 is 1.08 bits per heavy atom. The zero-order valence-electron chi connectivity index (χ0n) is 14.7. The molecule has 0 saturated carbocycles. The number of hydrogen-bond donors (Lipinski definition) is 2. The van der Waals surface area contributed by atoms with E-state index in [0.717, 1.165) is 23.4 Å². The number of nitrogens with one attached hydrogen (secondary N) is 2. The van der Waals surface area contributed by atoms with Gasteiger partial charge in [-0.3, -0.25) is 9.89 Å². The summed E-state index contributed by atoms with van der Waals surface area (Å²) in [4.78, 5) is 12.3. The SMILES string of the molecule is CC(C)(C)NC(=O)c1ccc(-c2n[nH]c3c2Cc2ccccc2-3)cc1. The van der Waals surface area contributed by atoms with Gasteiger partial charge in [-0.25, -0.2) is 0 Å². The number of H-pyrrole nitrogens is 1. The molecule has 0 spiro atoms. The number of aromatic nitrogens is 2. The minimum atomic E-state index is -0.245. The van der Waals surface area contributed by atoms with E-state index in [1.807, 2.05) is 45.0 Å². The maximum Gasteiger partial charge on any atom is 0.251 e. The molecule has 2 N–H and O–H groups in total. The highest BCUT2D eigenvalue weighted by molar-refractivity contribution is 5.95. The number of fused-ring (bicyclic) bond motifs is 3. The zero-order valence-corrected chi connectivity index (χ0v) is 14.7. The molecule has 0 fully saturated rings. The first-order chi connectivity index (χ1) is 11.9. The first kappa shape index (κ1) is 15.6. The van der Waals surface area contributed by atoms with Crippen molar-refractivity contribution in [2.75, 3.05) is 0 Å². The summed E-state index contributed by atoms with van der Waals surface area (Å²) < 4.78 is 0. The van der Waals surface area contributed by atoms with Crippen molar-refractivity contribution in [3.63, 3.8) is 0 Å². The van der Waals surface area contributed by atoms with Crippen LogP contribution in [0.2, 0.25) is 0 Å². The lowest BCUT2D eigenvalue weighted by Gasteiger charge is -2.20. The number of nitrogens with zero attached hydrogens (tertiary/aromatic N) is 1. The Hall–Kier alpha value is -2.88. The van der Waals surface area contributed by atoms with Crippen molar-refractivity contribution in [3.8, 4) is 22.5 Å². The minimum absolute atomic E-state index is 0.0567. The van der Waals surface area contributed by atoms with E-state index < -0.39 is 0 Å². The number of carbonyl (C=O) groups is 1. The highest BCUT2D eigenvalue weighted by Gasteiger charge is 2.24. The molecule has 1 amide bonds. The fraction of sp³-hybridized carbons (Fsp3) is 0.238. The number of amides is 1. The molecular formula is C21H21N3O. The van der Waals surface area contributed by atoms with Gasteiger partial charge >= 0.3 is 0 Å². The van der Waals surface area contributed by atoms with Gasteiger partial charge in [0.15, 0.2) is 0 Å². The third kappa shape index (κ3) is 2.84. The molecule has 25 heavy (non-hydrogen) atoms. The lowest BCUT2D eigenvalue weighted by Crippen LogP contribution is -2.40. The number of benzene rings is 2. The Balaban J connectivity index is 1.63. The molecule has 1 aliphatic carbocycles. The van der Waals surface area contributed by atoms with Gasteiger partial charge in [-0.15, -0.1) is 0 Å². The maximum absolute atomic E-state index is 12.3. The Morgan fingerprint density at radius 2 is 1.80 bits per heavy atom. The van der Waals surface area contributed by atoms with Crippen LogP contribution in [0.15, 0.2) is 48.5 Å². The minimum Gasteiger partial charge on any atom is -0.347 e. The van der Waals surface area contributed by atoms with Gasteiger partial charge in [0.05, 0.1) is 11.4 Å². The van der Waals surface area contributed by atoms with Gasteiger partial charge in [-0.1, -0.05) is 36.4 Å². The topological polar surface area (TPSA) is 57.8 Å². The monoisotopic (exact) mass is 331 g/mol. The Labute approximate surface area is 147 Å². The van der Waals surface area contributed by atoms with Crippen molar-refractivity contribution in [3.05, 3.63) is 65.2 Å². The third-order valence-corrected chi connectivity index (χ3v) is 4.43. The van der Waals surface area contributed by atoms with Crippen molar-refractivity contribution in [1.29, 1.82) is 0 Å². The standard InChI is InChI=1S/C21H21N3O/c1-21(2,3)22-20(25)14-10-8-13(9-11-14)18-17-12-15-6-4-5-7-16(15)19(17)24-23-18/h4-11H,12H2,1-3H3,(H,22,25)(H,23,24). The van der Waals surface area contributed by atoms with Crippen LogP contribution in [0, 0.1) is 0 Å². The molecule has 0 bridgehead atoms. The second-order valence-electron chi connectivity index (χ2n) is 7.54. The van der Waals surface area contributed by atoms with Crippen molar-refractivity contribution < 1.29 is 4.79 Å². The average Bonchev–Trinajstić information content (AvgIpc) is 3.12. The highest BCUT2D eigenvalue weighted by atomic mass is 16.1. The predicted octanol–water partition coefficient (Wildman–Crippen LogP) is 4.18. The summed E-state index contributed by atoms with van der Waals surface area (Å²) in [6.45, 7) is 5.93. The molecule has 1 aromatic heterocycles. The zero-order chi connectivity index (χ0) is 17.6. The molecule has 0 unspecified atom stereocenters. The van der Waals surface area contributed by atoms with Crippen LogP contribution < -0.4 is 5.32 Å². The van der Waals surface area contributed by atoms with E-state index >= 15 is 0 Å². The van der Waals surface area contributed by atoms with Crippen LogP contribution in [-0.2, 0) is 6.42 Å². The molecular weight excluding hydrogens is 310 g/mol. The van der Waals surface area contributed by atoms with E-state index in [0.29, 0.717) is 5.56 Å². The second kappa shape index (κ2) is 5.59. The van der Waals surface area contributed by atoms with Crippen molar-refractivity contribution >= 4 is 5.91 Å². The van der Waals surface area contributed by atoms with Crippen molar-refractivity contribution in [2.24, 2.45) is 0 Å². The number of carbonyl (C=O) groups excluding carboxylic acids is 1. The fourth-order valence-electron chi connectivity index (χ4n) is 3.30. The Bertz CT molecular complexity index is 946. The lowest BCUT2D eigenvalue weighted by molar-refractivity contribution is 0.0919. The van der Waals surface area contributed by atoms with Gasteiger partial charge in [0.2, 0.25) is 0 Å². The van der Waals surface area contributed by atoms with Gasteiger partial charge in [-0.2, -0.15) is 5.10 Å². The molecule has 0 atom stereocenters. The lowest BCUT2D eigenvalue weighted by atomic mass is 10.0. The van der Waals surface area contributed by atoms with Gasteiger partial charge in [0, 0.05) is 34.2 Å². The molecule has 2 aromatic carbocycles. The summed E-state index contributed by atoms with van der Waals surface area (Å²) in [5.41, 5.74) is 7.31. The van der Waals surface area contributed by atoms with Crippen LogP contribution in [0.1, 0.15) is 42.3 Å². The Morgan fingerprint density at radius 3 is 2.52 bits per heavy atom. The predicted molar refractivity (Wildman–Crippen MR) is 99.5 cm³/mol. The van der Waals surface area contributed by atoms with E-state index in [4.69, 9.17) is 0 Å². The van der Waals surface area contributed by atoms with Crippen molar-refractivity contribution in [2.45, 2.75) is 32.7 Å². The van der Waals surface area contributed by atoms with Crippen molar-refractivity contribution in [1.82, 2.24) is 15.5 Å². The average molecular weight is 331 g/mol. The molecule has 1 aliphatic rings. The number of hydrogen-bond acceptors (Lipinski definition) is 2. The summed E-state index contributed by atoms with van der Waals surface area (Å²) in [7, 11) is 0. The summed E-state index contributed by atoms with van der Waals surface area (Å²) in [6, 6.07) is 16.1. The smallest absolute Gasteiger partial charge is 0.251 e. The van der Waals surface area contributed by atoms with Crippen LogP contribution in [0.3, 0.4) is 0 Å². The van der Waals surface area contributed by atoms with Gasteiger partial charge in [-0.05, 0) is 38.5 Å². The molecule has 0 aliphatic heterocycles. The molecule has 4 rings (SSSR count). The summed E-state index contributed by atoms with van der Waals surface area (Å²) >= 11 is 0. The van der Waals surface area contributed by atoms with E-state index in [-0.39, 0.29) is 11.4 Å². The maximum atomic E-state index is 12.3. The Kier molecular flexibility index (Phi) is 3.49. The van der Waals surface area contributed by atoms with Crippen LogP contribution in [-0.4, -0.2) is 21.6 Å². The van der Waals surface area contributed by atoms with E-state index in [9.17, 15) is 4.79 Å². The van der Waals surface area contributed by atoms with E-state index in [1.165, 1.54) is 16.7 Å². The molecule has 3 aromatic rings. The summed E-state index contributed by atoms with van der Waals surface area (Å²) in [6.07, 6.45) is 0.892. The van der Waals surface area contributed by atoms with Gasteiger partial charge < -0.3 is 5.32 Å². The summed E-state index contributed by atoms with van der Waals surface area (Å²) in [5.74, 6) is -0.0567. The molecule has 126 valence electrons. The van der Waals surface area contributed by atoms with Crippen LogP contribution >= 0.6 is 0 Å². The first-order valence-corrected chi connectivity index (χ1v) is 8.51. The van der Waals surface area contributed by atoms with Gasteiger partial charge in [0.25, 0.3) is 5.91 Å². The molecule has 0 radical (unpaired) electrons. The van der Waals surface area contributed by atoms with Crippen LogP contribution in [0.4, 0.5) is 0 Å². The molecule has 1 heterocycles. The molecule has 4 heteroatoms. The van der Waals surface area contributed by atoms with Gasteiger partial charge in [0.1, 0.15) is 0 Å². The number of aromatic amines is 1. The van der Waals surface area contributed by atoms with E-state index in [1.54, 1.807) is 0 Å². The first-order valence-electron chi connectivity index (χ1n) is 8.51. The quantitative estimate of drug-likeness (QED) is 0.579. The molecule has 0 saturated heterocycles. The summed E-state index contributed by atoms with van der Waals surface area (Å²) in [5, 5.41) is 10.7. The third-order valence-electron chi connectivity index (χ3n) is 4.43. The van der Waals surface area contributed by atoms with Crippen LogP contribution in [0.25, 0.3) is 22.5 Å². The number of rotatable bonds is 2.